The molecule has 2 amide bonds. The van der Waals surface area contributed by atoms with Crippen molar-refractivity contribution in [2.24, 2.45) is 27.2 Å². The molecule has 23 nitrogen and oxygen atoms in total. The number of rotatable bonds is 27. The van der Waals surface area contributed by atoms with Crippen LogP contribution in [0.15, 0.2) is 51.5 Å². The van der Waals surface area contributed by atoms with E-state index >= 15 is 0 Å². The predicted octanol–water partition coefficient (Wildman–Crippen LogP) is 0.399. The first-order valence-electron chi connectivity index (χ1n) is 18.4. The maximum atomic E-state index is 13.9. The average Bonchev–Trinajstić information content (AvgIpc) is 3.11. The van der Waals surface area contributed by atoms with Crippen LogP contribution in [0.5, 0.6) is 5.75 Å². The lowest BCUT2D eigenvalue weighted by atomic mass is 9.99. The van der Waals surface area contributed by atoms with Crippen molar-refractivity contribution in [2.75, 3.05) is 33.7 Å². The molecule has 1 aromatic rings. The SMILES string of the molecule is CNC(CCCNC(N)=NC/C=C(/C)CCC=C(C)C)C(=O)N(C)C(CCCN=C(N)N)C(=O)N[C@H](C)[C@H](OS(=O)(=O)O)c1ccc(OS(=O)(=O)O)c(COS(=O)(=O)O)c1. The van der Waals surface area contributed by atoms with Crippen LogP contribution in [-0.2, 0) is 55.8 Å². The molecular weight excluding hydrogens is 855 g/mol. The van der Waals surface area contributed by atoms with Gasteiger partial charge in [-0.05, 0) is 91.0 Å². The van der Waals surface area contributed by atoms with Gasteiger partial charge in [-0.15, -0.1) is 0 Å². The summed E-state index contributed by atoms with van der Waals surface area (Å²) in [5.41, 5.74) is 18.6. The van der Waals surface area contributed by atoms with Crippen molar-refractivity contribution in [2.45, 2.75) is 97.1 Å². The summed E-state index contributed by atoms with van der Waals surface area (Å²) in [6.07, 6.45) is 5.21. The Balaban J connectivity index is 3.28. The fraction of sp³-hybridized carbons (Fsp3) is 0.588. The Hall–Kier alpha value is -4.41. The van der Waals surface area contributed by atoms with E-state index in [4.69, 9.17) is 30.5 Å². The molecule has 2 unspecified atom stereocenters. The minimum Gasteiger partial charge on any atom is -0.370 e. The van der Waals surface area contributed by atoms with Gasteiger partial charge in [-0.25, -0.2) is 13.4 Å². The summed E-state index contributed by atoms with van der Waals surface area (Å²) in [5, 5.41) is 8.52. The third-order valence-electron chi connectivity index (χ3n) is 8.48. The van der Waals surface area contributed by atoms with E-state index < -0.39 is 85.2 Å². The molecule has 60 heavy (non-hydrogen) atoms. The molecule has 0 aliphatic carbocycles. The summed E-state index contributed by atoms with van der Waals surface area (Å²) in [7, 11) is -12.6. The van der Waals surface area contributed by atoms with E-state index in [1.165, 1.54) is 30.0 Å². The van der Waals surface area contributed by atoms with Gasteiger partial charge >= 0.3 is 31.2 Å². The van der Waals surface area contributed by atoms with Crippen molar-refractivity contribution in [1.82, 2.24) is 20.9 Å². The zero-order chi connectivity index (χ0) is 45.8. The Bertz CT molecular complexity index is 2040. The fourth-order valence-electron chi connectivity index (χ4n) is 5.53. The number of benzene rings is 1. The molecule has 12 N–H and O–H groups in total. The van der Waals surface area contributed by atoms with Crippen molar-refractivity contribution in [1.29, 1.82) is 0 Å². The zero-order valence-corrected chi connectivity index (χ0v) is 36.8. The number of hydrogen-bond acceptors (Lipinski definition) is 14. The van der Waals surface area contributed by atoms with Crippen LogP contribution < -0.4 is 37.3 Å². The molecule has 1 aromatic carbocycles. The van der Waals surface area contributed by atoms with Crippen LogP contribution in [-0.4, -0.2) is 119 Å². The monoisotopic (exact) mass is 913 g/mol. The van der Waals surface area contributed by atoms with Crippen molar-refractivity contribution in [3.63, 3.8) is 0 Å². The van der Waals surface area contributed by atoms with Gasteiger partial charge < -0.3 is 42.2 Å². The molecule has 1 rings (SSSR count). The summed E-state index contributed by atoms with van der Waals surface area (Å²) in [6.45, 7) is 7.17. The van der Waals surface area contributed by atoms with Gasteiger partial charge in [-0.1, -0.05) is 29.4 Å². The first-order valence-corrected chi connectivity index (χ1v) is 22.5. The Morgan fingerprint density at radius 1 is 0.933 bits per heavy atom. The second-order valence-corrected chi connectivity index (χ2v) is 16.9. The van der Waals surface area contributed by atoms with Crippen molar-refractivity contribution >= 4 is 54.9 Å². The minimum absolute atomic E-state index is 0.00798. The number of likely N-dealkylation sites (N-methyl/N-ethyl adjacent to an activating group) is 2. The number of nitrogens with two attached hydrogens (primary N) is 3. The number of carbonyl (C=O) groups is 2. The average molecular weight is 914 g/mol. The molecule has 0 heterocycles. The second kappa shape index (κ2) is 25.4. The normalized spacial score (nSPS) is 14.6. The summed E-state index contributed by atoms with van der Waals surface area (Å²) in [5.74, 6) is -1.96. The molecule has 0 spiro atoms. The molecule has 0 saturated heterocycles. The molecule has 342 valence electrons. The van der Waals surface area contributed by atoms with Gasteiger partial charge in [0.25, 0.3) is 0 Å². The summed E-state index contributed by atoms with van der Waals surface area (Å²) >= 11 is 0. The molecular formula is C34H59N9O14S3. The number of carbonyl (C=O) groups excluding carboxylic acids is 2. The maximum absolute atomic E-state index is 13.9. The molecule has 0 fully saturated rings. The highest BCUT2D eigenvalue weighted by Crippen LogP contribution is 2.30. The molecule has 0 radical (unpaired) electrons. The van der Waals surface area contributed by atoms with Crippen LogP contribution in [0.3, 0.4) is 0 Å². The number of nitrogens with zero attached hydrogens (tertiary/aromatic N) is 3. The van der Waals surface area contributed by atoms with Gasteiger partial charge in [-0.3, -0.25) is 28.2 Å². The van der Waals surface area contributed by atoms with E-state index in [0.29, 0.717) is 25.9 Å². The van der Waals surface area contributed by atoms with E-state index in [0.717, 1.165) is 31.0 Å². The van der Waals surface area contributed by atoms with Gasteiger partial charge in [0.2, 0.25) is 11.8 Å². The lowest BCUT2D eigenvalue weighted by Crippen LogP contribution is -2.55. The highest BCUT2D eigenvalue weighted by atomic mass is 32.3. The highest BCUT2D eigenvalue weighted by Gasteiger charge is 2.34. The van der Waals surface area contributed by atoms with Crippen LogP contribution in [0, 0.1) is 0 Å². The maximum Gasteiger partial charge on any atom is 0.446 e. The molecule has 26 heteroatoms. The van der Waals surface area contributed by atoms with Crippen LogP contribution in [0.25, 0.3) is 0 Å². The first kappa shape index (κ1) is 53.6. The van der Waals surface area contributed by atoms with E-state index in [1.807, 2.05) is 26.8 Å². The largest absolute Gasteiger partial charge is 0.446 e. The molecule has 0 aliphatic heterocycles. The van der Waals surface area contributed by atoms with Crippen molar-refractivity contribution < 1.29 is 61.0 Å². The topological polar surface area (TPSA) is 367 Å². The predicted molar refractivity (Wildman–Crippen MR) is 223 cm³/mol. The lowest BCUT2D eigenvalue weighted by Gasteiger charge is -2.32. The fourth-order valence-corrected chi connectivity index (χ4v) is 6.73. The number of aliphatic imine (C=N–C) groups is 2. The minimum atomic E-state index is -5.28. The van der Waals surface area contributed by atoms with Gasteiger partial charge in [-0.2, -0.15) is 25.3 Å². The molecule has 0 saturated carbocycles. The van der Waals surface area contributed by atoms with E-state index in [9.17, 15) is 39.4 Å². The van der Waals surface area contributed by atoms with Gasteiger partial charge in [0.1, 0.15) is 12.1 Å². The summed E-state index contributed by atoms with van der Waals surface area (Å²) < 4.78 is 111. The molecule has 0 bridgehead atoms. The first-order chi connectivity index (χ1) is 27.7. The number of guanidine groups is 2. The number of allylic oxidation sites excluding steroid dienone is 3. The summed E-state index contributed by atoms with van der Waals surface area (Å²) in [4.78, 5) is 37.1. The second-order valence-electron chi connectivity index (χ2n) is 13.7. The molecule has 0 aliphatic rings. The van der Waals surface area contributed by atoms with Crippen LogP contribution in [0.4, 0.5) is 0 Å². The third-order valence-corrected chi connectivity index (χ3v) is 9.74. The number of nitrogens with one attached hydrogen (secondary N) is 3. The Morgan fingerprint density at radius 2 is 1.60 bits per heavy atom. The summed E-state index contributed by atoms with van der Waals surface area (Å²) in [6, 6.07) is -0.580. The number of hydrogen-bond donors (Lipinski definition) is 9. The molecule has 0 aromatic heterocycles. The van der Waals surface area contributed by atoms with Gasteiger partial charge in [0.05, 0.1) is 25.2 Å². The standard InChI is InChI=1S/C34H59N9O14S3/c1-22(2)10-7-11-23(3)16-19-41-34(37)40-18-8-12-27(38-5)32(45)43(6)28(13-9-17-39-33(35)36)31(44)42-24(4)30(57-60(52,53)54)25-14-15-29(56-59(49,50)51)26(20-25)21-55-58(46,47)48/h10,14-16,20,24,27-28,30,38H,7-9,11-13,17-19,21H2,1-6H3,(H,42,44)(H4,35,36,39)(H3,37,40,41)(H,46,47,48)(H,49,50,51)(H,52,53,54)/b23-16-/t24-,27?,28?,30+/m1/s1. The molecule has 4 atom stereocenters. The van der Waals surface area contributed by atoms with Crippen LogP contribution in [0.2, 0.25) is 0 Å². The van der Waals surface area contributed by atoms with Gasteiger partial charge in [0, 0.05) is 25.7 Å². The van der Waals surface area contributed by atoms with E-state index in [1.54, 1.807) is 7.05 Å². The van der Waals surface area contributed by atoms with Gasteiger partial charge in [0.15, 0.2) is 17.7 Å². The van der Waals surface area contributed by atoms with Crippen molar-refractivity contribution in [3.05, 3.63) is 52.6 Å². The van der Waals surface area contributed by atoms with E-state index in [-0.39, 0.29) is 36.9 Å². The Morgan fingerprint density at radius 3 is 2.17 bits per heavy atom. The lowest BCUT2D eigenvalue weighted by molar-refractivity contribution is -0.141. The third kappa shape index (κ3) is 22.8. The van der Waals surface area contributed by atoms with Crippen LogP contribution >= 0.6 is 0 Å². The Kier molecular flexibility index (Phi) is 22.7. The van der Waals surface area contributed by atoms with Crippen LogP contribution in [0.1, 0.15) is 83.5 Å². The quantitative estimate of drug-likeness (QED) is 0.0190. The zero-order valence-electron chi connectivity index (χ0n) is 34.4. The van der Waals surface area contributed by atoms with Crippen molar-refractivity contribution in [3.8, 4) is 5.75 Å². The highest BCUT2D eigenvalue weighted by molar-refractivity contribution is 7.81. The Labute approximate surface area is 352 Å². The van der Waals surface area contributed by atoms with E-state index in [2.05, 4.69) is 40.4 Å². The number of amides is 2. The smallest absolute Gasteiger partial charge is 0.370 e.